The lowest BCUT2D eigenvalue weighted by atomic mass is 10.6. The van der Waals surface area contributed by atoms with Gasteiger partial charge in [0.15, 0.2) is 0 Å². The van der Waals surface area contributed by atoms with Crippen LogP contribution in [-0.4, -0.2) is 5.37 Å². The first kappa shape index (κ1) is 3.04. The molecule has 0 N–H and O–H groups in total. The number of allylic oxidation sites excluding steroid dienone is 2. The molecule has 1 aliphatic rings. The van der Waals surface area contributed by atoms with Crippen molar-refractivity contribution in [2.45, 2.75) is 6.42 Å². The molecule has 0 fully saturated rings. The summed E-state index contributed by atoms with van der Waals surface area (Å²) in [6.07, 6.45) is 3.25. The minimum atomic E-state index is 1.14. The van der Waals surface area contributed by atoms with Gasteiger partial charge in [-0.2, -0.15) is 0 Å². The van der Waals surface area contributed by atoms with Crippen molar-refractivity contribution in [3.63, 3.8) is 0 Å². The third-order valence-electron chi connectivity index (χ3n) is 0.591. The molecule has 26 valence electrons. The van der Waals surface area contributed by atoms with Gasteiger partial charge in [-0.05, 0) is 12.0 Å². The molecule has 1 aliphatic carbocycles. The Morgan fingerprint density at radius 2 is 2.60 bits per heavy atom. The van der Waals surface area contributed by atoms with Gasteiger partial charge in [-0.15, -0.1) is 0 Å². The van der Waals surface area contributed by atoms with E-state index in [2.05, 4.69) is 18.3 Å². The average Bonchev–Trinajstić information content (AvgIpc) is 2.12. The lowest BCUT2D eigenvalue weighted by Gasteiger charge is -1.53. The Labute approximate surface area is 36.5 Å². The summed E-state index contributed by atoms with van der Waals surface area (Å²) in [4.78, 5) is 0. The normalized spacial score (nSPS) is 17.2. The molecule has 0 saturated heterocycles. The highest BCUT2D eigenvalue weighted by Crippen LogP contribution is 2.13. The summed E-state index contributed by atoms with van der Waals surface area (Å²) >= 11 is 4.55. The molecule has 1 rings (SSSR count). The number of thiocarbonyl (C=S) groups is 1. The molecule has 0 unspecified atom stereocenters. The average molecular weight is 84.1 g/mol. The Morgan fingerprint density at radius 3 is 2.60 bits per heavy atom. The lowest BCUT2D eigenvalue weighted by Crippen LogP contribution is -1.49. The molecule has 0 aromatic carbocycles. The molecular formula is C4H4S. The van der Waals surface area contributed by atoms with Gasteiger partial charge in [0.05, 0.1) is 0 Å². The maximum atomic E-state index is 4.55. The molecule has 0 bridgehead atoms. The van der Waals surface area contributed by atoms with Crippen molar-refractivity contribution in [1.29, 1.82) is 0 Å². The minimum absolute atomic E-state index is 1.14. The summed E-state index contributed by atoms with van der Waals surface area (Å²) in [5.74, 6) is 0. The lowest BCUT2D eigenvalue weighted by molar-refractivity contribution is 1.66. The van der Waals surface area contributed by atoms with Crippen molar-refractivity contribution in [1.82, 2.24) is 0 Å². The third kappa shape index (κ3) is 0.550. The van der Waals surface area contributed by atoms with E-state index < -0.39 is 0 Å². The second-order valence-corrected chi connectivity index (χ2v) is 1.34. The first-order valence-corrected chi connectivity index (χ1v) is 2.05. The second-order valence-electron chi connectivity index (χ2n) is 1.10. The summed E-state index contributed by atoms with van der Waals surface area (Å²) in [7, 11) is 0. The van der Waals surface area contributed by atoms with Crippen LogP contribution in [0.15, 0.2) is 11.6 Å². The van der Waals surface area contributed by atoms with Crippen LogP contribution in [0.1, 0.15) is 6.42 Å². The predicted molar refractivity (Wildman–Crippen MR) is 26.4 cm³/mol. The summed E-state index contributed by atoms with van der Waals surface area (Å²) in [6, 6.07) is 0. The zero-order valence-corrected chi connectivity index (χ0v) is 3.59. The van der Waals surface area contributed by atoms with E-state index in [-0.39, 0.29) is 0 Å². The molecule has 0 radical (unpaired) electrons. The maximum Gasteiger partial charge on any atom is 0.00457 e. The molecule has 0 spiro atoms. The molecule has 0 aromatic rings. The molecule has 0 aliphatic heterocycles. The standard InChI is InChI=1S/C4H4S/c5-3-4-1-2-4/h1,3H,2H2. The Bertz CT molecular complexity index is 78.9. The van der Waals surface area contributed by atoms with Crippen LogP contribution in [-0.2, 0) is 0 Å². The molecule has 0 aromatic heterocycles. The van der Waals surface area contributed by atoms with E-state index in [1.807, 2.05) is 0 Å². The third-order valence-corrected chi connectivity index (χ3v) is 0.894. The fourth-order valence-corrected chi connectivity index (χ4v) is 0.348. The molecule has 0 nitrogen and oxygen atoms in total. The van der Waals surface area contributed by atoms with Gasteiger partial charge in [0.25, 0.3) is 0 Å². The molecule has 0 heterocycles. The van der Waals surface area contributed by atoms with Gasteiger partial charge in [0, 0.05) is 5.37 Å². The highest BCUT2D eigenvalue weighted by molar-refractivity contribution is 7.79. The van der Waals surface area contributed by atoms with Crippen molar-refractivity contribution in [2.24, 2.45) is 0 Å². The van der Waals surface area contributed by atoms with Crippen LogP contribution in [0.4, 0.5) is 0 Å². The zero-order chi connectivity index (χ0) is 3.70. The van der Waals surface area contributed by atoms with Crippen LogP contribution >= 0.6 is 12.2 Å². The highest BCUT2D eigenvalue weighted by Gasteiger charge is 1.98. The SMILES string of the molecule is S=CC1=CC1. The van der Waals surface area contributed by atoms with Crippen LogP contribution in [0.25, 0.3) is 0 Å². The first-order valence-electron chi connectivity index (χ1n) is 1.57. The van der Waals surface area contributed by atoms with Gasteiger partial charge < -0.3 is 0 Å². The van der Waals surface area contributed by atoms with E-state index >= 15 is 0 Å². The van der Waals surface area contributed by atoms with Gasteiger partial charge in [0.2, 0.25) is 0 Å². The van der Waals surface area contributed by atoms with Crippen LogP contribution < -0.4 is 0 Å². The number of rotatable bonds is 1. The van der Waals surface area contributed by atoms with Crippen molar-refractivity contribution in [3.8, 4) is 0 Å². The largest absolute Gasteiger partial charge is 0.0884 e. The molecular weight excluding hydrogens is 80.1 g/mol. The van der Waals surface area contributed by atoms with E-state index in [4.69, 9.17) is 0 Å². The van der Waals surface area contributed by atoms with E-state index in [0.29, 0.717) is 0 Å². The second kappa shape index (κ2) is 0.902. The predicted octanol–water partition coefficient (Wildman–Crippen LogP) is 1.32. The monoisotopic (exact) mass is 84.0 g/mol. The quantitative estimate of drug-likeness (QED) is 0.432. The van der Waals surface area contributed by atoms with Crippen molar-refractivity contribution in [3.05, 3.63) is 11.6 Å². The van der Waals surface area contributed by atoms with Crippen LogP contribution in [0.3, 0.4) is 0 Å². The Hall–Kier alpha value is -0.170. The Balaban J connectivity index is 2.49. The van der Waals surface area contributed by atoms with E-state index in [1.54, 1.807) is 5.37 Å². The van der Waals surface area contributed by atoms with Gasteiger partial charge >= 0.3 is 0 Å². The highest BCUT2D eigenvalue weighted by atomic mass is 32.1. The molecule has 0 atom stereocenters. The number of hydrogen-bond acceptors (Lipinski definition) is 1. The Morgan fingerprint density at radius 1 is 2.00 bits per heavy atom. The Kier molecular flexibility index (Phi) is 0.548. The van der Waals surface area contributed by atoms with Crippen molar-refractivity contribution in [2.75, 3.05) is 0 Å². The van der Waals surface area contributed by atoms with E-state index in [0.717, 1.165) is 6.42 Å². The molecule has 0 saturated carbocycles. The summed E-state index contributed by atoms with van der Waals surface area (Å²) < 4.78 is 0. The topological polar surface area (TPSA) is 0 Å². The van der Waals surface area contributed by atoms with Crippen LogP contribution in [0.2, 0.25) is 0 Å². The van der Waals surface area contributed by atoms with E-state index in [1.165, 1.54) is 5.57 Å². The van der Waals surface area contributed by atoms with Gasteiger partial charge in [-0.25, -0.2) is 0 Å². The van der Waals surface area contributed by atoms with Crippen LogP contribution in [0.5, 0.6) is 0 Å². The first-order chi connectivity index (χ1) is 2.43. The van der Waals surface area contributed by atoms with Crippen molar-refractivity contribution >= 4 is 17.6 Å². The zero-order valence-electron chi connectivity index (χ0n) is 2.77. The van der Waals surface area contributed by atoms with Gasteiger partial charge in [-0.3, -0.25) is 0 Å². The number of hydrogen-bond donors (Lipinski definition) is 0. The van der Waals surface area contributed by atoms with E-state index in [9.17, 15) is 0 Å². The fourth-order valence-electron chi connectivity index (χ4n) is 0.155. The van der Waals surface area contributed by atoms with Gasteiger partial charge in [0.1, 0.15) is 0 Å². The molecule has 5 heavy (non-hydrogen) atoms. The maximum absolute atomic E-state index is 4.55. The molecule has 0 amide bonds. The minimum Gasteiger partial charge on any atom is -0.0884 e. The smallest absolute Gasteiger partial charge is 0.00457 e. The summed E-state index contributed by atoms with van der Waals surface area (Å²) in [6.45, 7) is 0. The summed E-state index contributed by atoms with van der Waals surface area (Å²) in [5.41, 5.74) is 1.32. The van der Waals surface area contributed by atoms with Crippen LogP contribution in [0, 0.1) is 0 Å². The summed E-state index contributed by atoms with van der Waals surface area (Å²) in [5, 5.41) is 1.72. The fraction of sp³-hybridized carbons (Fsp3) is 0.250. The molecule has 1 heteroatoms. The van der Waals surface area contributed by atoms with Crippen molar-refractivity contribution < 1.29 is 0 Å². The van der Waals surface area contributed by atoms with Gasteiger partial charge in [-0.1, -0.05) is 18.3 Å².